The molecular formula is C13H15BrF3N5O. The Hall–Kier alpha value is -1.84. The fourth-order valence-electron chi connectivity index (χ4n) is 1.88. The summed E-state index contributed by atoms with van der Waals surface area (Å²) in [4.78, 5) is 11.7. The first-order chi connectivity index (χ1) is 10.8. The van der Waals surface area contributed by atoms with Crippen molar-refractivity contribution in [3.05, 3.63) is 34.3 Å². The van der Waals surface area contributed by atoms with E-state index in [4.69, 9.17) is 0 Å². The quantitative estimate of drug-likeness (QED) is 0.766. The van der Waals surface area contributed by atoms with E-state index in [9.17, 15) is 18.0 Å². The van der Waals surface area contributed by atoms with Gasteiger partial charge in [-0.25, -0.2) is 0 Å². The van der Waals surface area contributed by atoms with E-state index in [0.29, 0.717) is 19.5 Å². The maximum absolute atomic E-state index is 12.4. The number of aryl methyl sites for hydroxylation is 2. The summed E-state index contributed by atoms with van der Waals surface area (Å²) in [6.07, 6.45) is -0.865. The molecule has 6 nitrogen and oxygen atoms in total. The van der Waals surface area contributed by atoms with Gasteiger partial charge in [0.05, 0.1) is 10.2 Å². The highest BCUT2D eigenvalue weighted by Crippen LogP contribution is 2.27. The minimum atomic E-state index is -4.50. The van der Waals surface area contributed by atoms with Crippen LogP contribution in [0.4, 0.5) is 13.2 Å². The van der Waals surface area contributed by atoms with E-state index in [1.165, 1.54) is 0 Å². The summed E-state index contributed by atoms with van der Waals surface area (Å²) in [5.74, 6) is -0.389. The third-order valence-electron chi connectivity index (χ3n) is 3.01. The average Bonchev–Trinajstić information content (AvgIpc) is 3.02. The Labute approximate surface area is 138 Å². The zero-order chi connectivity index (χ0) is 17.0. The van der Waals surface area contributed by atoms with E-state index in [0.717, 1.165) is 27.1 Å². The van der Waals surface area contributed by atoms with Gasteiger partial charge in [-0.3, -0.25) is 14.2 Å². The maximum Gasteiger partial charge on any atom is 0.435 e. The highest BCUT2D eigenvalue weighted by atomic mass is 79.9. The van der Waals surface area contributed by atoms with Gasteiger partial charge in [0.25, 0.3) is 0 Å². The highest BCUT2D eigenvalue weighted by molar-refractivity contribution is 9.10. The number of rotatable bonds is 6. The number of carbonyl (C=O) groups is 1. The number of halogens is 4. The Morgan fingerprint density at radius 2 is 2.09 bits per heavy atom. The van der Waals surface area contributed by atoms with E-state index in [-0.39, 0.29) is 12.5 Å². The van der Waals surface area contributed by atoms with Crippen molar-refractivity contribution in [3.63, 3.8) is 0 Å². The van der Waals surface area contributed by atoms with Gasteiger partial charge in [0.15, 0.2) is 5.69 Å². The van der Waals surface area contributed by atoms with E-state index < -0.39 is 11.9 Å². The Morgan fingerprint density at radius 3 is 2.65 bits per heavy atom. The monoisotopic (exact) mass is 393 g/mol. The highest BCUT2D eigenvalue weighted by Gasteiger charge is 2.33. The van der Waals surface area contributed by atoms with Crippen molar-refractivity contribution < 1.29 is 18.0 Å². The lowest BCUT2D eigenvalue weighted by Gasteiger charge is -2.06. The van der Waals surface area contributed by atoms with Crippen molar-refractivity contribution in [2.24, 2.45) is 0 Å². The molecule has 0 aromatic carbocycles. The van der Waals surface area contributed by atoms with Crippen LogP contribution < -0.4 is 5.32 Å². The summed E-state index contributed by atoms with van der Waals surface area (Å²) < 4.78 is 40.8. The molecule has 0 saturated carbocycles. The Kier molecular flexibility index (Phi) is 5.45. The van der Waals surface area contributed by atoms with Crippen LogP contribution in [0.2, 0.25) is 0 Å². The maximum atomic E-state index is 12.4. The first-order valence-electron chi connectivity index (χ1n) is 6.82. The van der Waals surface area contributed by atoms with Gasteiger partial charge in [0, 0.05) is 25.5 Å². The Morgan fingerprint density at radius 1 is 1.35 bits per heavy atom. The lowest BCUT2D eigenvalue weighted by atomic mass is 10.4. The molecule has 0 atom stereocenters. The zero-order valence-corrected chi connectivity index (χ0v) is 13.9. The van der Waals surface area contributed by atoms with Gasteiger partial charge in [-0.05, 0) is 35.3 Å². The number of nitrogens with one attached hydrogen (secondary N) is 1. The number of nitrogens with zero attached hydrogens (tertiary/aromatic N) is 4. The summed E-state index contributed by atoms with van der Waals surface area (Å²) in [5.41, 5.74) is -0.127. The number of amides is 1. The molecule has 0 radical (unpaired) electrons. The average molecular weight is 394 g/mol. The van der Waals surface area contributed by atoms with E-state index in [1.54, 1.807) is 4.68 Å². The molecule has 0 bridgehead atoms. The molecule has 0 aliphatic carbocycles. The minimum Gasteiger partial charge on any atom is -0.354 e. The van der Waals surface area contributed by atoms with Crippen molar-refractivity contribution in [1.29, 1.82) is 0 Å². The molecular weight excluding hydrogens is 379 g/mol. The van der Waals surface area contributed by atoms with Gasteiger partial charge in [0.2, 0.25) is 5.91 Å². The Balaban J connectivity index is 1.72. The van der Waals surface area contributed by atoms with Gasteiger partial charge in [-0.1, -0.05) is 0 Å². The van der Waals surface area contributed by atoms with Crippen LogP contribution in [0.5, 0.6) is 0 Å². The van der Waals surface area contributed by atoms with E-state index in [2.05, 4.69) is 31.4 Å². The second-order valence-corrected chi connectivity index (χ2v) is 5.78. The molecule has 0 aliphatic heterocycles. The van der Waals surface area contributed by atoms with Gasteiger partial charge in [0.1, 0.15) is 6.54 Å². The van der Waals surface area contributed by atoms with Crippen molar-refractivity contribution in [2.45, 2.75) is 32.6 Å². The summed E-state index contributed by atoms with van der Waals surface area (Å²) in [6.45, 7) is 2.67. The van der Waals surface area contributed by atoms with Crippen molar-refractivity contribution in [3.8, 4) is 0 Å². The van der Waals surface area contributed by atoms with Crippen LogP contribution in [0.15, 0.2) is 22.9 Å². The molecule has 2 rings (SSSR count). The molecule has 1 amide bonds. The lowest BCUT2D eigenvalue weighted by molar-refractivity contribution is -0.141. The van der Waals surface area contributed by atoms with E-state index >= 15 is 0 Å². The number of hydrogen-bond donors (Lipinski definition) is 1. The van der Waals surface area contributed by atoms with Gasteiger partial charge < -0.3 is 5.32 Å². The molecule has 0 unspecified atom stereocenters. The Bertz CT molecular complexity index is 660. The van der Waals surface area contributed by atoms with Crippen LogP contribution in [0.25, 0.3) is 0 Å². The van der Waals surface area contributed by atoms with Crippen LogP contribution >= 0.6 is 15.9 Å². The first kappa shape index (κ1) is 17.5. The molecule has 0 aliphatic rings. The molecule has 10 heteroatoms. The fourth-order valence-corrected chi connectivity index (χ4v) is 2.20. The molecule has 1 N–H and O–H groups in total. The third-order valence-corrected chi connectivity index (χ3v) is 3.79. The largest absolute Gasteiger partial charge is 0.435 e. The van der Waals surface area contributed by atoms with Crippen molar-refractivity contribution >= 4 is 21.8 Å². The van der Waals surface area contributed by atoms with Gasteiger partial charge in [-0.15, -0.1) is 0 Å². The van der Waals surface area contributed by atoms with Crippen LogP contribution in [-0.4, -0.2) is 32.0 Å². The SMILES string of the molecule is Cc1nn(CCCNC(=O)Cn2ccc(C(F)(F)F)n2)cc1Br. The predicted octanol–water partition coefficient (Wildman–Crippen LogP) is 2.38. The van der Waals surface area contributed by atoms with Crippen molar-refractivity contribution in [1.82, 2.24) is 24.9 Å². The first-order valence-corrected chi connectivity index (χ1v) is 7.62. The number of carbonyl (C=O) groups excluding carboxylic acids is 1. The van der Waals surface area contributed by atoms with Gasteiger partial charge >= 0.3 is 6.18 Å². The third kappa shape index (κ3) is 5.08. The second kappa shape index (κ2) is 7.16. The number of hydrogen-bond acceptors (Lipinski definition) is 3. The smallest absolute Gasteiger partial charge is 0.354 e. The van der Waals surface area contributed by atoms with Gasteiger partial charge in [-0.2, -0.15) is 23.4 Å². The molecule has 0 fully saturated rings. The zero-order valence-electron chi connectivity index (χ0n) is 12.3. The van der Waals surface area contributed by atoms with Crippen LogP contribution in [0.3, 0.4) is 0 Å². The molecule has 0 spiro atoms. The summed E-state index contributed by atoms with van der Waals surface area (Å²) in [6, 6.07) is 0.838. The number of aromatic nitrogens is 4. The molecule has 2 heterocycles. The van der Waals surface area contributed by atoms with Crippen LogP contribution in [0, 0.1) is 6.92 Å². The standard InChI is InChI=1S/C13H15BrF3N5O/c1-9-10(14)7-21(19-9)5-2-4-18-12(23)8-22-6-3-11(20-22)13(15,16)17/h3,6-7H,2,4-5,8H2,1H3,(H,18,23). The van der Waals surface area contributed by atoms with Crippen LogP contribution in [0.1, 0.15) is 17.8 Å². The molecule has 23 heavy (non-hydrogen) atoms. The second-order valence-electron chi connectivity index (χ2n) is 4.93. The summed E-state index contributed by atoms with van der Waals surface area (Å²) >= 11 is 3.36. The number of alkyl halides is 3. The lowest BCUT2D eigenvalue weighted by Crippen LogP contribution is -2.29. The van der Waals surface area contributed by atoms with Crippen molar-refractivity contribution in [2.75, 3.05) is 6.54 Å². The normalized spacial score (nSPS) is 11.7. The molecule has 126 valence electrons. The van der Waals surface area contributed by atoms with Crippen LogP contribution in [-0.2, 0) is 24.1 Å². The molecule has 0 saturated heterocycles. The predicted molar refractivity (Wildman–Crippen MR) is 79.5 cm³/mol. The topological polar surface area (TPSA) is 64.7 Å². The van der Waals surface area contributed by atoms with E-state index in [1.807, 2.05) is 13.1 Å². The molecule has 2 aromatic heterocycles. The summed E-state index contributed by atoms with van der Waals surface area (Å²) in [5, 5.41) is 10.2. The minimum absolute atomic E-state index is 0.248. The summed E-state index contributed by atoms with van der Waals surface area (Å²) in [7, 11) is 0. The fraction of sp³-hybridized carbons (Fsp3) is 0.462. The molecule has 2 aromatic rings.